The first-order valence-electron chi connectivity index (χ1n) is 10.6. The van der Waals surface area contributed by atoms with Crippen molar-refractivity contribution >= 4 is 35.0 Å². The van der Waals surface area contributed by atoms with Crippen molar-refractivity contribution in [3.8, 4) is 0 Å². The van der Waals surface area contributed by atoms with E-state index in [9.17, 15) is 14.4 Å². The summed E-state index contributed by atoms with van der Waals surface area (Å²) in [6, 6.07) is 17.1. The predicted octanol–water partition coefficient (Wildman–Crippen LogP) is 3.86. The number of amides is 2. The van der Waals surface area contributed by atoms with Crippen LogP contribution in [0.3, 0.4) is 0 Å². The summed E-state index contributed by atoms with van der Waals surface area (Å²) in [5.41, 5.74) is 3.38. The first-order valence-corrected chi connectivity index (χ1v) is 10.6. The van der Waals surface area contributed by atoms with Crippen LogP contribution in [-0.4, -0.2) is 29.7 Å². The predicted molar refractivity (Wildman–Crippen MR) is 119 cm³/mol. The third-order valence-corrected chi connectivity index (χ3v) is 6.74. The average molecular weight is 424 g/mol. The third kappa shape index (κ3) is 2.49. The zero-order chi connectivity index (χ0) is 22.0. The molecule has 0 saturated carbocycles. The lowest BCUT2D eigenvalue weighted by Crippen LogP contribution is -2.48. The highest BCUT2D eigenvalue weighted by Crippen LogP contribution is 2.49. The number of aryl methyl sites for hydroxylation is 1. The number of ketones is 1. The quantitative estimate of drug-likeness (QED) is 0.472. The van der Waals surface area contributed by atoms with Crippen molar-refractivity contribution in [1.82, 2.24) is 0 Å². The number of carbonyl (C=O) groups is 3. The van der Waals surface area contributed by atoms with Crippen LogP contribution >= 0.6 is 0 Å². The first-order chi connectivity index (χ1) is 15.6. The van der Waals surface area contributed by atoms with Crippen molar-refractivity contribution in [2.75, 3.05) is 9.80 Å². The van der Waals surface area contributed by atoms with Gasteiger partial charge in [-0.15, -0.1) is 0 Å². The van der Waals surface area contributed by atoms with Gasteiger partial charge < -0.3 is 9.32 Å². The topological polar surface area (TPSA) is 70.8 Å². The van der Waals surface area contributed by atoms with Crippen molar-refractivity contribution in [2.45, 2.75) is 19.0 Å². The first kappa shape index (κ1) is 18.8. The molecule has 2 saturated heterocycles. The van der Waals surface area contributed by atoms with E-state index in [0.717, 1.165) is 16.8 Å². The highest BCUT2D eigenvalue weighted by Gasteiger charge is 2.64. The minimum Gasteiger partial charge on any atom is -0.461 e. The Kier molecular flexibility index (Phi) is 3.99. The maximum Gasteiger partial charge on any atom is 0.240 e. The van der Waals surface area contributed by atoms with Crippen LogP contribution in [0.5, 0.6) is 0 Å². The summed E-state index contributed by atoms with van der Waals surface area (Å²) < 4.78 is 5.41. The molecule has 32 heavy (non-hydrogen) atoms. The van der Waals surface area contributed by atoms with Gasteiger partial charge in [-0.2, -0.15) is 0 Å². The van der Waals surface area contributed by atoms with Crippen LogP contribution in [0.1, 0.15) is 21.7 Å². The summed E-state index contributed by atoms with van der Waals surface area (Å²) >= 11 is 0. The van der Waals surface area contributed by atoms with Crippen molar-refractivity contribution in [2.24, 2.45) is 11.8 Å². The smallest absolute Gasteiger partial charge is 0.240 e. The van der Waals surface area contributed by atoms with Gasteiger partial charge in [0.05, 0.1) is 29.8 Å². The lowest BCUT2D eigenvalue weighted by molar-refractivity contribution is -0.122. The molecule has 158 valence electrons. The number of fused-ring (bicyclic) bond motifs is 5. The van der Waals surface area contributed by atoms with E-state index in [1.807, 2.05) is 60.4 Å². The third-order valence-electron chi connectivity index (χ3n) is 6.74. The molecule has 0 N–H and O–H groups in total. The van der Waals surface area contributed by atoms with Crippen LogP contribution in [0.25, 0.3) is 6.08 Å². The fourth-order valence-corrected chi connectivity index (χ4v) is 5.33. The summed E-state index contributed by atoms with van der Waals surface area (Å²) in [7, 11) is 0. The molecular formula is C26H20N2O4. The molecule has 6 rings (SSSR count). The molecule has 3 aliphatic rings. The van der Waals surface area contributed by atoms with E-state index < -0.39 is 17.9 Å². The molecule has 0 spiro atoms. The number of carbonyl (C=O) groups excluding carboxylic acids is 3. The molecule has 0 bridgehead atoms. The van der Waals surface area contributed by atoms with Gasteiger partial charge in [0.2, 0.25) is 17.6 Å². The second-order valence-corrected chi connectivity index (χ2v) is 8.50. The van der Waals surface area contributed by atoms with Gasteiger partial charge in [0.25, 0.3) is 0 Å². The molecule has 6 nitrogen and oxygen atoms in total. The van der Waals surface area contributed by atoms with Crippen molar-refractivity contribution in [3.05, 3.63) is 89.9 Å². The second kappa shape index (κ2) is 6.79. The van der Waals surface area contributed by atoms with Crippen molar-refractivity contribution in [1.29, 1.82) is 0 Å². The fourth-order valence-electron chi connectivity index (χ4n) is 5.33. The number of anilines is 2. The molecule has 2 amide bonds. The van der Waals surface area contributed by atoms with Crippen LogP contribution in [0.15, 0.2) is 77.4 Å². The standard InChI is InChI=1S/C26H20N2O4/c1-15-8-11-17(12-9-15)27-25(30)21-19-13-10-16-5-2-3-6-18(16)28(19)23(22(21)26(27)31)24(29)20-7-4-14-32-20/h2-14,19,21-23H,1H3/t19-,21-,22-,23+/m0/s1. The van der Waals surface area contributed by atoms with Gasteiger partial charge in [0.1, 0.15) is 6.04 Å². The molecule has 4 atom stereocenters. The monoisotopic (exact) mass is 424 g/mol. The highest BCUT2D eigenvalue weighted by atomic mass is 16.3. The summed E-state index contributed by atoms with van der Waals surface area (Å²) in [5.74, 6) is -2.13. The molecule has 3 aliphatic heterocycles. The number of rotatable bonds is 3. The fraction of sp³-hybridized carbons (Fsp3) is 0.192. The zero-order valence-electron chi connectivity index (χ0n) is 17.3. The van der Waals surface area contributed by atoms with Crippen LogP contribution in [0.2, 0.25) is 0 Å². The van der Waals surface area contributed by atoms with Crippen molar-refractivity contribution < 1.29 is 18.8 Å². The van der Waals surface area contributed by atoms with E-state index in [-0.39, 0.29) is 29.4 Å². The molecule has 3 aromatic rings. The van der Waals surface area contributed by atoms with Gasteiger partial charge in [0, 0.05) is 5.69 Å². The van der Waals surface area contributed by atoms with Crippen LogP contribution in [0.4, 0.5) is 11.4 Å². The summed E-state index contributed by atoms with van der Waals surface area (Å²) in [6.45, 7) is 1.95. The lowest BCUT2D eigenvalue weighted by Gasteiger charge is -2.36. The number of hydrogen-bond acceptors (Lipinski definition) is 5. The SMILES string of the molecule is Cc1ccc(N2C(=O)[C@@H]3[C@H](C2=O)[C@H](C(=O)c2ccco2)N2c4ccccc4C=C[C@@H]32)cc1. The Labute approximate surface area is 184 Å². The van der Waals surface area contributed by atoms with Crippen LogP contribution in [-0.2, 0) is 9.59 Å². The Balaban J connectivity index is 1.50. The van der Waals surface area contributed by atoms with E-state index in [0.29, 0.717) is 5.69 Å². The molecule has 0 unspecified atom stereocenters. The van der Waals surface area contributed by atoms with E-state index in [1.165, 1.54) is 11.2 Å². The van der Waals surface area contributed by atoms with Crippen LogP contribution in [0, 0.1) is 18.8 Å². The largest absolute Gasteiger partial charge is 0.461 e. The Morgan fingerprint density at radius 1 is 0.906 bits per heavy atom. The summed E-state index contributed by atoms with van der Waals surface area (Å²) in [4.78, 5) is 44.1. The number of para-hydroxylation sites is 1. The number of imide groups is 1. The minimum absolute atomic E-state index is 0.190. The maximum atomic E-state index is 13.7. The average Bonchev–Trinajstić information content (AvgIpc) is 3.51. The Hall–Kier alpha value is -3.93. The molecular weight excluding hydrogens is 404 g/mol. The van der Waals surface area contributed by atoms with Crippen LogP contribution < -0.4 is 9.80 Å². The number of nitrogens with zero attached hydrogens (tertiary/aromatic N) is 2. The van der Waals surface area contributed by atoms with Crippen molar-refractivity contribution in [3.63, 3.8) is 0 Å². The number of Topliss-reactive ketones (excluding diaryl/α,β-unsaturated/α-hetero) is 1. The van der Waals surface area contributed by atoms with Gasteiger partial charge in [-0.1, -0.05) is 48.0 Å². The van der Waals surface area contributed by atoms with Gasteiger partial charge in [-0.3, -0.25) is 14.4 Å². The Morgan fingerprint density at radius 3 is 2.41 bits per heavy atom. The van der Waals surface area contributed by atoms with E-state index in [4.69, 9.17) is 4.42 Å². The number of hydrogen-bond donors (Lipinski definition) is 0. The summed E-state index contributed by atoms with van der Waals surface area (Å²) in [5, 5.41) is 0. The summed E-state index contributed by atoms with van der Waals surface area (Å²) in [6.07, 6.45) is 5.36. The molecule has 4 heterocycles. The maximum absolute atomic E-state index is 13.7. The Morgan fingerprint density at radius 2 is 1.66 bits per heavy atom. The highest BCUT2D eigenvalue weighted by molar-refractivity contribution is 6.25. The lowest BCUT2D eigenvalue weighted by atomic mass is 9.87. The van der Waals surface area contributed by atoms with E-state index in [1.54, 1.807) is 24.3 Å². The van der Waals surface area contributed by atoms with Gasteiger partial charge in [0.15, 0.2) is 5.76 Å². The molecule has 2 aromatic carbocycles. The number of furan rings is 1. The molecule has 1 aromatic heterocycles. The molecule has 6 heteroatoms. The Bertz CT molecular complexity index is 1280. The van der Waals surface area contributed by atoms with E-state index >= 15 is 0 Å². The molecule has 0 radical (unpaired) electrons. The minimum atomic E-state index is -0.825. The number of benzene rings is 2. The van der Waals surface area contributed by atoms with Gasteiger partial charge >= 0.3 is 0 Å². The zero-order valence-corrected chi connectivity index (χ0v) is 17.3. The van der Waals surface area contributed by atoms with Gasteiger partial charge in [-0.25, -0.2) is 4.90 Å². The van der Waals surface area contributed by atoms with E-state index in [2.05, 4.69) is 0 Å². The normalized spacial score (nSPS) is 25.7. The second-order valence-electron chi connectivity index (χ2n) is 8.50. The molecule has 2 fully saturated rings. The molecule has 0 aliphatic carbocycles. The van der Waals surface area contributed by atoms with Gasteiger partial charge in [-0.05, 0) is 42.8 Å².